The lowest BCUT2D eigenvalue weighted by Crippen LogP contribution is -2.50. The maximum Gasteiger partial charge on any atom is 0.417 e. The number of guanidine groups is 1. The minimum Gasteiger partial charge on any atom is -0.445 e. The molecule has 0 aliphatic carbocycles. The highest BCUT2D eigenvalue weighted by molar-refractivity contribution is 7.81. The number of benzene rings is 2. The highest BCUT2D eigenvalue weighted by atomic mass is 32.1. The number of aliphatic hydroxyl groups is 1. The second-order valence-electron chi connectivity index (χ2n) is 10.9. The van der Waals surface area contributed by atoms with Crippen molar-refractivity contribution in [3.63, 3.8) is 0 Å². The molecule has 1 unspecified atom stereocenters. The van der Waals surface area contributed by atoms with Gasteiger partial charge in [-0.25, -0.2) is 14.5 Å². The van der Waals surface area contributed by atoms with Crippen molar-refractivity contribution in [1.82, 2.24) is 14.7 Å². The lowest BCUT2D eigenvalue weighted by molar-refractivity contribution is -0.385. The van der Waals surface area contributed by atoms with Gasteiger partial charge in [0.2, 0.25) is 5.91 Å². The summed E-state index contributed by atoms with van der Waals surface area (Å²) in [5, 5.41) is 40.3. The molecule has 2 aromatic carbocycles. The molecule has 4 N–H and O–H groups in total. The number of rotatable bonds is 10. The molecule has 0 spiro atoms. The van der Waals surface area contributed by atoms with Gasteiger partial charge < -0.3 is 30.1 Å². The number of ether oxygens (including phenoxy) is 2. The van der Waals surface area contributed by atoms with E-state index >= 15 is 0 Å². The summed E-state index contributed by atoms with van der Waals surface area (Å²) in [6.07, 6.45) is -2.61. The highest BCUT2D eigenvalue weighted by Gasteiger charge is 2.41. The van der Waals surface area contributed by atoms with Crippen LogP contribution in [0.4, 0.5) is 21.0 Å². The summed E-state index contributed by atoms with van der Waals surface area (Å²) < 4.78 is 10.6. The van der Waals surface area contributed by atoms with Gasteiger partial charge in [0, 0.05) is 49.1 Å². The molecule has 2 saturated heterocycles. The average Bonchev–Trinajstić information content (AvgIpc) is 3.66. The van der Waals surface area contributed by atoms with E-state index in [1.54, 1.807) is 0 Å². The molecule has 4 atom stereocenters. The van der Waals surface area contributed by atoms with Crippen LogP contribution in [0.25, 0.3) is 0 Å². The Bertz CT molecular complexity index is 1480. The number of nitro groups is 2. The lowest BCUT2D eigenvalue weighted by atomic mass is 10.0. The van der Waals surface area contributed by atoms with E-state index in [0.29, 0.717) is 17.5 Å². The fourth-order valence-corrected chi connectivity index (χ4v) is 5.75. The summed E-state index contributed by atoms with van der Waals surface area (Å²) in [5.74, 6) is -1.01. The van der Waals surface area contributed by atoms with Crippen molar-refractivity contribution < 1.29 is 38.8 Å². The monoisotopic (exact) mass is 659 g/mol. The second kappa shape index (κ2) is 14.9. The standard InChI is InChI=1S/C28H33N7O10S/c29-26(30)33(28(39)45-16-18-3-7-20(8-4-18)35(42)43)21-9-10-31(13-21)25(37)12-24(36)23-11-22(46)14-32(23)27(38)44-15-17-1-5-19(6-2-17)34(40)41/h1-8,21-24,36,46H,9-16H2,(H3,29,30)/t21-,22-,23-,24?/m0/s1. The van der Waals surface area contributed by atoms with Crippen LogP contribution >= 0.6 is 12.6 Å². The van der Waals surface area contributed by atoms with Crippen LogP contribution in [0.5, 0.6) is 0 Å². The van der Waals surface area contributed by atoms with Crippen LogP contribution in [0, 0.1) is 25.6 Å². The first-order valence-corrected chi connectivity index (χ1v) is 14.7. The Labute approximate surface area is 268 Å². The fourth-order valence-electron chi connectivity index (χ4n) is 5.36. The van der Waals surface area contributed by atoms with E-state index in [0.717, 1.165) is 4.90 Å². The van der Waals surface area contributed by atoms with Gasteiger partial charge in [-0.3, -0.25) is 30.4 Å². The number of nitrogens with two attached hydrogens (primary N) is 1. The molecular weight excluding hydrogens is 626 g/mol. The zero-order chi connectivity index (χ0) is 33.5. The van der Waals surface area contributed by atoms with E-state index < -0.39 is 52.1 Å². The SMILES string of the molecule is N=C(N)N(C(=O)OCc1ccc([N+](=O)[O-])cc1)[C@H]1CCN(C(=O)CC(O)[C@@H]2C[C@H](S)CN2C(=O)OCc2ccc([N+](=O)[O-])cc2)C1. The maximum absolute atomic E-state index is 13.1. The minimum atomic E-state index is -1.24. The third kappa shape index (κ3) is 8.39. The molecule has 18 heteroatoms. The number of aliphatic hydroxyl groups excluding tert-OH is 1. The first kappa shape index (κ1) is 33.9. The largest absolute Gasteiger partial charge is 0.445 e. The Balaban J connectivity index is 1.29. The third-order valence-electron chi connectivity index (χ3n) is 7.74. The van der Waals surface area contributed by atoms with E-state index in [-0.39, 0.29) is 62.3 Å². The number of carbonyl (C=O) groups is 3. The van der Waals surface area contributed by atoms with Gasteiger partial charge in [-0.05, 0) is 48.2 Å². The van der Waals surface area contributed by atoms with Gasteiger partial charge in [-0.2, -0.15) is 12.6 Å². The van der Waals surface area contributed by atoms with Gasteiger partial charge in [0.25, 0.3) is 11.4 Å². The number of thiol groups is 1. The van der Waals surface area contributed by atoms with Crippen LogP contribution in [-0.2, 0) is 27.5 Å². The zero-order valence-electron chi connectivity index (χ0n) is 24.5. The summed E-state index contributed by atoms with van der Waals surface area (Å²) >= 11 is 4.44. The number of hydrogen-bond donors (Lipinski definition) is 4. The predicted octanol–water partition coefficient (Wildman–Crippen LogP) is 2.40. The molecule has 2 fully saturated rings. The summed E-state index contributed by atoms with van der Waals surface area (Å²) in [4.78, 5) is 63.1. The Hall–Kier alpha value is -4.97. The molecule has 17 nitrogen and oxygen atoms in total. The molecule has 0 bridgehead atoms. The van der Waals surface area contributed by atoms with Crippen molar-refractivity contribution in [2.24, 2.45) is 5.73 Å². The molecule has 2 aromatic rings. The summed E-state index contributed by atoms with van der Waals surface area (Å²) in [7, 11) is 0. The van der Waals surface area contributed by atoms with Gasteiger partial charge in [0.1, 0.15) is 13.2 Å². The van der Waals surface area contributed by atoms with Crippen LogP contribution in [0.3, 0.4) is 0 Å². The maximum atomic E-state index is 13.1. The first-order chi connectivity index (χ1) is 21.8. The molecular formula is C28H33N7O10S. The molecule has 3 amide bonds. The smallest absolute Gasteiger partial charge is 0.417 e. The highest BCUT2D eigenvalue weighted by Crippen LogP contribution is 2.28. The quantitative estimate of drug-likeness (QED) is 0.0950. The van der Waals surface area contributed by atoms with Crippen LogP contribution in [0.15, 0.2) is 48.5 Å². The van der Waals surface area contributed by atoms with Crippen molar-refractivity contribution in [2.75, 3.05) is 19.6 Å². The molecule has 2 aliphatic rings. The Morgan fingerprint density at radius 3 is 2.07 bits per heavy atom. The third-order valence-corrected chi connectivity index (χ3v) is 8.11. The number of likely N-dealkylation sites (tertiary alicyclic amines) is 2. The Kier molecular flexibility index (Phi) is 11.0. The fraction of sp³-hybridized carbons (Fsp3) is 0.429. The first-order valence-electron chi connectivity index (χ1n) is 14.2. The molecule has 4 rings (SSSR count). The topological polar surface area (TPSA) is 236 Å². The normalized spacial score (nSPS) is 19.7. The molecule has 2 heterocycles. The molecule has 246 valence electrons. The number of nitrogens with one attached hydrogen (secondary N) is 1. The van der Waals surface area contributed by atoms with Gasteiger partial charge in [-0.15, -0.1) is 0 Å². The van der Waals surface area contributed by atoms with E-state index in [4.69, 9.17) is 20.6 Å². The van der Waals surface area contributed by atoms with Crippen LogP contribution in [0.2, 0.25) is 0 Å². The molecule has 0 radical (unpaired) electrons. The summed E-state index contributed by atoms with van der Waals surface area (Å²) in [6, 6.07) is 9.53. The van der Waals surface area contributed by atoms with Crippen molar-refractivity contribution in [3.8, 4) is 0 Å². The Morgan fingerprint density at radius 1 is 1.00 bits per heavy atom. The lowest BCUT2D eigenvalue weighted by Gasteiger charge is -2.29. The van der Waals surface area contributed by atoms with Crippen molar-refractivity contribution in [1.29, 1.82) is 5.41 Å². The van der Waals surface area contributed by atoms with E-state index in [9.17, 15) is 39.7 Å². The van der Waals surface area contributed by atoms with Crippen molar-refractivity contribution in [2.45, 2.75) is 55.9 Å². The van der Waals surface area contributed by atoms with Crippen molar-refractivity contribution >= 4 is 48.1 Å². The summed E-state index contributed by atoms with van der Waals surface area (Å²) in [6.45, 7) is 0.0571. The van der Waals surface area contributed by atoms with Gasteiger partial charge >= 0.3 is 12.2 Å². The van der Waals surface area contributed by atoms with Crippen molar-refractivity contribution in [3.05, 3.63) is 79.9 Å². The molecule has 2 aliphatic heterocycles. The average molecular weight is 660 g/mol. The number of non-ortho nitro benzene ring substituents is 2. The molecule has 46 heavy (non-hydrogen) atoms. The van der Waals surface area contributed by atoms with Crippen LogP contribution < -0.4 is 5.73 Å². The van der Waals surface area contributed by atoms with Crippen LogP contribution in [-0.4, -0.2) is 96.8 Å². The van der Waals surface area contributed by atoms with Gasteiger partial charge in [0.05, 0.1) is 34.5 Å². The minimum absolute atomic E-state index is 0.0264. The van der Waals surface area contributed by atoms with Gasteiger partial charge in [-0.1, -0.05) is 0 Å². The zero-order valence-corrected chi connectivity index (χ0v) is 25.4. The predicted molar refractivity (Wildman–Crippen MR) is 164 cm³/mol. The number of amides is 3. The molecule has 0 saturated carbocycles. The second-order valence-corrected chi connectivity index (χ2v) is 11.6. The van der Waals surface area contributed by atoms with Crippen LogP contribution in [0.1, 0.15) is 30.4 Å². The van der Waals surface area contributed by atoms with E-state index in [1.165, 1.54) is 58.3 Å². The molecule has 0 aromatic heterocycles. The number of hydrogen-bond acceptors (Lipinski definition) is 12. The summed E-state index contributed by atoms with van der Waals surface area (Å²) in [5.41, 5.74) is 6.47. The Morgan fingerprint density at radius 2 is 1.54 bits per heavy atom. The number of carbonyl (C=O) groups excluding carboxylic acids is 3. The number of nitrogens with zero attached hydrogens (tertiary/aromatic N) is 5. The van der Waals surface area contributed by atoms with E-state index in [1.807, 2.05) is 0 Å². The van der Waals surface area contributed by atoms with Gasteiger partial charge in [0.15, 0.2) is 5.96 Å². The number of nitro benzene ring substituents is 2. The van der Waals surface area contributed by atoms with E-state index in [2.05, 4.69) is 12.6 Å².